The lowest BCUT2D eigenvalue weighted by molar-refractivity contribution is -0.144. The topological polar surface area (TPSA) is 38.3 Å². The molecule has 0 fully saturated rings. The van der Waals surface area contributed by atoms with E-state index in [0.717, 1.165) is 12.1 Å². The third-order valence-corrected chi connectivity index (χ3v) is 2.93. The van der Waals surface area contributed by atoms with Gasteiger partial charge in [-0.1, -0.05) is 32.0 Å². The second-order valence-corrected chi connectivity index (χ2v) is 4.27. The Labute approximate surface area is 103 Å². The maximum Gasteiger partial charge on any atom is 0.310 e. The molecule has 1 N–H and O–H groups in total. The molecule has 1 unspecified atom stereocenters. The minimum absolute atomic E-state index is 0.135. The lowest BCUT2D eigenvalue weighted by Crippen LogP contribution is -2.22. The van der Waals surface area contributed by atoms with Crippen LogP contribution in [0.3, 0.4) is 0 Å². The first-order valence-corrected chi connectivity index (χ1v) is 6.00. The van der Waals surface area contributed by atoms with Crippen LogP contribution in [-0.2, 0) is 16.0 Å². The lowest BCUT2D eigenvalue weighted by atomic mass is 10.0. The summed E-state index contributed by atoms with van der Waals surface area (Å²) in [4.78, 5) is 11.3. The van der Waals surface area contributed by atoms with Crippen molar-refractivity contribution < 1.29 is 9.53 Å². The summed E-state index contributed by atoms with van der Waals surface area (Å²) in [7, 11) is 1.42. The van der Waals surface area contributed by atoms with Crippen molar-refractivity contribution in [3.63, 3.8) is 0 Å². The highest BCUT2D eigenvalue weighted by Crippen LogP contribution is 2.21. The first kappa shape index (κ1) is 13.6. The third kappa shape index (κ3) is 3.48. The van der Waals surface area contributed by atoms with Gasteiger partial charge in [-0.2, -0.15) is 0 Å². The number of carbonyl (C=O) groups excluding carboxylic acids is 1. The van der Waals surface area contributed by atoms with Crippen LogP contribution in [0.15, 0.2) is 18.2 Å². The number of carbonyl (C=O) groups is 1. The van der Waals surface area contributed by atoms with Crippen LogP contribution < -0.4 is 5.32 Å². The maximum atomic E-state index is 11.3. The SMILES string of the molecule is CCc1cccc(C)c1NCC(C)C(=O)OC. The van der Waals surface area contributed by atoms with Gasteiger partial charge in [-0.15, -0.1) is 0 Å². The van der Waals surface area contributed by atoms with Crippen molar-refractivity contribution in [1.82, 2.24) is 0 Å². The molecular weight excluding hydrogens is 214 g/mol. The van der Waals surface area contributed by atoms with Gasteiger partial charge in [0.05, 0.1) is 13.0 Å². The van der Waals surface area contributed by atoms with Crippen molar-refractivity contribution in [3.8, 4) is 0 Å². The molecule has 3 nitrogen and oxygen atoms in total. The highest BCUT2D eigenvalue weighted by molar-refractivity contribution is 5.72. The summed E-state index contributed by atoms with van der Waals surface area (Å²) < 4.78 is 4.71. The predicted octanol–water partition coefficient (Wildman–Crippen LogP) is 2.78. The van der Waals surface area contributed by atoms with Gasteiger partial charge in [0.1, 0.15) is 0 Å². The zero-order chi connectivity index (χ0) is 12.8. The molecule has 1 aromatic rings. The Kier molecular flexibility index (Phi) is 5.01. The predicted molar refractivity (Wildman–Crippen MR) is 70.2 cm³/mol. The van der Waals surface area contributed by atoms with Crippen LogP contribution in [0.4, 0.5) is 5.69 Å². The van der Waals surface area contributed by atoms with Crippen molar-refractivity contribution in [2.75, 3.05) is 19.0 Å². The second-order valence-electron chi connectivity index (χ2n) is 4.27. The Morgan fingerprint density at radius 2 is 2.18 bits per heavy atom. The lowest BCUT2D eigenvalue weighted by Gasteiger charge is -2.16. The van der Waals surface area contributed by atoms with Gasteiger partial charge in [-0.3, -0.25) is 4.79 Å². The van der Waals surface area contributed by atoms with Gasteiger partial charge in [-0.05, 0) is 24.5 Å². The molecular formula is C14H21NO2. The van der Waals surface area contributed by atoms with E-state index in [1.54, 1.807) is 0 Å². The van der Waals surface area contributed by atoms with E-state index in [9.17, 15) is 4.79 Å². The van der Waals surface area contributed by atoms with Gasteiger partial charge in [-0.25, -0.2) is 0 Å². The van der Waals surface area contributed by atoms with E-state index in [0.29, 0.717) is 6.54 Å². The van der Waals surface area contributed by atoms with Gasteiger partial charge >= 0.3 is 5.97 Å². The first-order valence-electron chi connectivity index (χ1n) is 6.00. The molecule has 1 atom stereocenters. The fourth-order valence-electron chi connectivity index (χ4n) is 1.82. The van der Waals surface area contributed by atoms with E-state index >= 15 is 0 Å². The number of ether oxygens (including phenoxy) is 1. The third-order valence-electron chi connectivity index (χ3n) is 2.93. The fraction of sp³-hybridized carbons (Fsp3) is 0.500. The Morgan fingerprint density at radius 3 is 2.76 bits per heavy atom. The molecule has 0 spiro atoms. The van der Waals surface area contributed by atoms with Crippen LogP contribution in [0, 0.1) is 12.8 Å². The molecule has 0 saturated heterocycles. The number of para-hydroxylation sites is 1. The molecule has 94 valence electrons. The van der Waals surface area contributed by atoms with E-state index in [2.05, 4.69) is 37.4 Å². The molecule has 0 bridgehead atoms. The average Bonchev–Trinajstić information content (AvgIpc) is 2.35. The number of hydrogen-bond acceptors (Lipinski definition) is 3. The Hall–Kier alpha value is -1.51. The number of anilines is 1. The summed E-state index contributed by atoms with van der Waals surface area (Å²) in [6.45, 7) is 6.67. The van der Waals surface area contributed by atoms with Crippen LogP contribution in [0.2, 0.25) is 0 Å². The molecule has 0 heterocycles. The molecule has 1 rings (SSSR count). The quantitative estimate of drug-likeness (QED) is 0.797. The van der Waals surface area contributed by atoms with Crippen molar-refractivity contribution in [2.24, 2.45) is 5.92 Å². The molecule has 0 amide bonds. The standard InChI is InChI=1S/C14H21NO2/c1-5-12-8-6-7-10(2)13(12)15-9-11(3)14(16)17-4/h6-8,11,15H,5,9H2,1-4H3. The van der Waals surface area contributed by atoms with E-state index < -0.39 is 0 Å². The first-order chi connectivity index (χ1) is 8.10. The van der Waals surface area contributed by atoms with Gasteiger partial charge in [0.15, 0.2) is 0 Å². The van der Waals surface area contributed by atoms with Crippen LogP contribution in [0.1, 0.15) is 25.0 Å². The van der Waals surface area contributed by atoms with Gasteiger partial charge in [0.25, 0.3) is 0 Å². The average molecular weight is 235 g/mol. The second kappa shape index (κ2) is 6.28. The summed E-state index contributed by atoms with van der Waals surface area (Å²) in [5.74, 6) is -0.312. The zero-order valence-electron chi connectivity index (χ0n) is 11.0. The van der Waals surface area contributed by atoms with Crippen molar-refractivity contribution in [2.45, 2.75) is 27.2 Å². The van der Waals surface area contributed by atoms with E-state index in [-0.39, 0.29) is 11.9 Å². The molecule has 0 aliphatic carbocycles. The smallest absolute Gasteiger partial charge is 0.310 e. The highest BCUT2D eigenvalue weighted by Gasteiger charge is 2.13. The number of rotatable bonds is 5. The van der Waals surface area contributed by atoms with Crippen LogP contribution in [0.5, 0.6) is 0 Å². The van der Waals surface area contributed by atoms with Crippen molar-refractivity contribution in [1.29, 1.82) is 0 Å². The van der Waals surface area contributed by atoms with Gasteiger partial charge < -0.3 is 10.1 Å². The number of hydrogen-bond donors (Lipinski definition) is 1. The number of nitrogens with one attached hydrogen (secondary N) is 1. The van der Waals surface area contributed by atoms with Crippen molar-refractivity contribution >= 4 is 11.7 Å². The Bertz CT molecular complexity index is 388. The molecule has 0 radical (unpaired) electrons. The number of esters is 1. The van der Waals surface area contributed by atoms with Crippen LogP contribution in [-0.4, -0.2) is 19.6 Å². The molecule has 17 heavy (non-hydrogen) atoms. The fourth-order valence-corrected chi connectivity index (χ4v) is 1.82. The summed E-state index contributed by atoms with van der Waals surface area (Å²) in [5.41, 5.74) is 3.63. The van der Waals surface area contributed by atoms with Gasteiger partial charge in [0.2, 0.25) is 0 Å². The summed E-state index contributed by atoms with van der Waals surface area (Å²) in [6, 6.07) is 6.24. The number of aryl methyl sites for hydroxylation is 2. The largest absolute Gasteiger partial charge is 0.469 e. The zero-order valence-corrected chi connectivity index (χ0v) is 11.0. The Balaban J connectivity index is 2.72. The summed E-state index contributed by atoms with van der Waals surface area (Å²) in [6.07, 6.45) is 0.983. The van der Waals surface area contributed by atoms with Crippen LogP contribution in [0.25, 0.3) is 0 Å². The minimum Gasteiger partial charge on any atom is -0.469 e. The molecule has 0 aliphatic heterocycles. The maximum absolute atomic E-state index is 11.3. The molecule has 0 saturated carbocycles. The minimum atomic E-state index is -0.177. The molecule has 1 aromatic carbocycles. The summed E-state index contributed by atoms with van der Waals surface area (Å²) in [5, 5.41) is 3.35. The number of methoxy groups -OCH3 is 1. The molecule has 3 heteroatoms. The van der Waals surface area contributed by atoms with Crippen molar-refractivity contribution in [3.05, 3.63) is 29.3 Å². The molecule has 0 aromatic heterocycles. The van der Waals surface area contributed by atoms with E-state index in [4.69, 9.17) is 4.74 Å². The van der Waals surface area contributed by atoms with Gasteiger partial charge in [0, 0.05) is 12.2 Å². The summed E-state index contributed by atoms with van der Waals surface area (Å²) >= 11 is 0. The highest BCUT2D eigenvalue weighted by atomic mass is 16.5. The number of benzene rings is 1. The Morgan fingerprint density at radius 1 is 1.47 bits per heavy atom. The van der Waals surface area contributed by atoms with E-state index in [1.165, 1.54) is 18.2 Å². The monoisotopic (exact) mass is 235 g/mol. The van der Waals surface area contributed by atoms with Crippen LogP contribution >= 0.6 is 0 Å². The molecule has 0 aliphatic rings. The normalized spacial score (nSPS) is 12.0. The van der Waals surface area contributed by atoms with E-state index in [1.807, 2.05) is 6.92 Å².